The van der Waals surface area contributed by atoms with Crippen molar-refractivity contribution in [3.63, 3.8) is 0 Å². The van der Waals surface area contributed by atoms with Crippen LogP contribution in [0.4, 0.5) is 11.5 Å². The Kier molecular flexibility index (Phi) is 4.53. The molecular formula is C24H20N2O2. The number of hydrogen-bond donors (Lipinski definition) is 2. The van der Waals surface area contributed by atoms with E-state index in [-0.39, 0.29) is 11.3 Å². The van der Waals surface area contributed by atoms with Gasteiger partial charge in [-0.3, -0.25) is 9.59 Å². The molecule has 0 saturated heterocycles. The second-order valence-corrected chi connectivity index (χ2v) is 6.94. The van der Waals surface area contributed by atoms with Gasteiger partial charge in [0.2, 0.25) is 0 Å². The molecule has 4 nitrogen and oxygen atoms in total. The molecule has 3 aromatic carbocycles. The summed E-state index contributed by atoms with van der Waals surface area (Å²) in [6.45, 7) is 3.99. The molecule has 0 aliphatic carbocycles. The van der Waals surface area contributed by atoms with Crippen LogP contribution in [0.15, 0.2) is 77.6 Å². The predicted molar refractivity (Wildman–Crippen MR) is 114 cm³/mol. The summed E-state index contributed by atoms with van der Waals surface area (Å²) in [6.07, 6.45) is 0. The fraction of sp³-hybridized carbons (Fsp3) is 0.0833. The number of nitrogens with one attached hydrogen (secondary N) is 2. The van der Waals surface area contributed by atoms with E-state index < -0.39 is 0 Å². The van der Waals surface area contributed by atoms with Crippen molar-refractivity contribution in [3.05, 3.63) is 105 Å². The lowest BCUT2D eigenvalue weighted by molar-refractivity contribution is 0.104. The molecule has 0 unspecified atom stereocenters. The second kappa shape index (κ2) is 7.16. The van der Waals surface area contributed by atoms with E-state index in [4.69, 9.17) is 0 Å². The van der Waals surface area contributed by atoms with E-state index in [0.29, 0.717) is 27.7 Å². The van der Waals surface area contributed by atoms with Gasteiger partial charge in [0.1, 0.15) is 5.82 Å². The van der Waals surface area contributed by atoms with Crippen LogP contribution < -0.4 is 10.9 Å². The number of aromatic nitrogens is 1. The maximum Gasteiger partial charge on any atom is 0.257 e. The van der Waals surface area contributed by atoms with E-state index in [1.54, 1.807) is 12.1 Å². The molecule has 1 heterocycles. The first-order valence-corrected chi connectivity index (χ1v) is 9.13. The van der Waals surface area contributed by atoms with Crippen molar-refractivity contribution in [2.24, 2.45) is 0 Å². The van der Waals surface area contributed by atoms with E-state index >= 15 is 0 Å². The van der Waals surface area contributed by atoms with E-state index in [0.717, 1.165) is 16.8 Å². The first kappa shape index (κ1) is 17.7. The van der Waals surface area contributed by atoms with Gasteiger partial charge in [-0.2, -0.15) is 0 Å². The van der Waals surface area contributed by atoms with Crippen LogP contribution in [0.5, 0.6) is 0 Å². The predicted octanol–water partition coefficient (Wildman–Crippen LogP) is 5.12. The van der Waals surface area contributed by atoms with E-state index in [1.165, 1.54) is 0 Å². The number of carbonyl (C=O) groups excluding carboxylic acids is 1. The Labute approximate surface area is 162 Å². The molecule has 0 radical (unpaired) electrons. The zero-order valence-electron chi connectivity index (χ0n) is 15.7. The molecule has 0 amide bonds. The van der Waals surface area contributed by atoms with Crippen LogP contribution in [-0.4, -0.2) is 10.8 Å². The van der Waals surface area contributed by atoms with E-state index in [2.05, 4.69) is 10.3 Å². The average molecular weight is 368 g/mol. The van der Waals surface area contributed by atoms with Crippen LogP contribution in [0.2, 0.25) is 0 Å². The van der Waals surface area contributed by atoms with Crippen molar-refractivity contribution in [3.8, 4) is 0 Å². The minimum atomic E-state index is -0.231. The summed E-state index contributed by atoms with van der Waals surface area (Å²) >= 11 is 0. The SMILES string of the molecule is Cc1ccc(Nc2[nH]c(=O)c3ccccc3c2C(=O)c2ccc(C)cc2)cc1. The topological polar surface area (TPSA) is 62.0 Å². The molecule has 0 aliphatic heterocycles. The Bertz CT molecular complexity index is 1220. The van der Waals surface area contributed by atoms with Crippen LogP contribution in [0, 0.1) is 13.8 Å². The van der Waals surface area contributed by atoms with E-state index in [9.17, 15) is 9.59 Å². The zero-order chi connectivity index (χ0) is 19.7. The van der Waals surface area contributed by atoms with Crippen LogP contribution in [-0.2, 0) is 0 Å². The highest BCUT2D eigenvalue weighted by Crippen LogP contribution is 2.27. The van der Waals surface area contributed by atoms with Crippen molar-refractivity contribution in [1.82, 2.24) is 4.98 Å². The van der Waals surface area contributed by atoms with Crippen molar-refractivity contribution in [1.29, 1.82) is 0 Å². The van der Waals surface area contributed by atoms with Crippen LogP contribution in [0.3, 0.4) is 0 Å². The van der Waals surface area contributed by atoms with Gasteiger partial charge in [-0.25, -0.2) is 0 Å². The fourth-order valence-electron chi connectivity index (χ4n) is 3.24. The van der Waals surface area contributed by atoms with Crippen molar-refractivity contribution >= 4 is 28.1 Å². The van der Waals surface area contributed by atoms with Crippen LogP contribution in [0.1, 0.15) is 27.0 Å². The Hall–Kier alpha value is -3.66. The summed E-state index contributed by atoms with van der Waals surface area (Å²) in [6, 6.07) is 22.4. The molecule has 1 aromatic heterocycles. The lowest BCUT2D eigenvalue weighted by Gasteiger charge is -2.14. The first-order chi connectivity index (χ1) is 13.5. The molecule has 2 N–H and O–H groups in total. The number of H-pyrrole nitrogens is 1. The number of carbonyl (C=O) groups is 1. The van der Waals surface area contributed by atoms with Gasteiger partial charge in [0.25, 0.3) is 5.56 Å². The number of aryl methyl sites for hydroxylation is 2. The highest BCUT2D eigenvalue weighted by molar-refractivity contribution is 6.19. The van der Waals surface area contributed by atoms with Crippen LogP contribution in [0.25, 0.3) is 10.8 Å². The Morgan fingerprint density at radius 1 is 0.786 bits per heavy atom. The summed E-state index contributed by atoms with van der Waals surface area (Å²) in [5, 5.41) is 4.34. The zero-order valence-corrected chi connectivity index (χ0v) is 15.7. The number of rotatable bonds is 4. The summed E-state index contributed by atoms with van der Waals surface area (Å²) in [5.41, 5.74) is 3.82. The molecule has 0 spiro atoms. The lowest BCUT2D eigenvalue weighted by Crippen LogP contribution is -2.16. The normalized spacial score (nSPS) is 10.8. The smallest absolute Gasteiger partial charge is 0.257 e. The van der Waals surface area contributed by atoms with Crippen molar-refractivity contribution in [2.75, 3.05) is 5.32 Å². The number of ketones is 1. The minimum absolute atomic E-state index is 0.137. The Balaban J connectivity index is 1.92. The maximum absolute atomic E-state index is 13.4. The minimum Gasteiger partial charge on any atom is -0.341 e. The largest absolute Gasteiger partial charge is 0.341 e. The van der Waals surface area contributed by atoms with Gasteiger partial charge >= 0.3 is 0 Å². The van der Waals surface area contributed by atoms with Gasteiger partial charge in [-0.1, -0.05) is 65.7 Å². The number of pyridine rings is 1. The third-order valence-corrected chi connectivity index (χ3v) is 4.79. The Morgan fingerprint density at radius 2 is 1.36 bits per heavy atom. The third-order valence-electron chi connectivity index (χ3n) is 4.79. The number of fused-ring (bicyclic) bond motifs is 1. The molecule has 138 valence electrons. The molecule has 0 aliphatic rings. The monoisotopic (exact) mass is 368 g/mol. The summed E-state index contributed by atoms with van der Waals surface area (Å²) in [5.74, 6) is 0.264. The van der Waals surface area contributed by atoms with Gasteiger partial charge in [0.05, 0.1) is 5.56 Å². The first-order valence-electron chi connectivity index (χ1n) is 9.13. The van der Waals surface area contributed by atoms with Crippen molar-refractivity contribution < 1.29 is 4.79 Å². The standard InChI is InChI=1S/C24H20N2O2/c1-15-7-11-17(12-8-15)22(27)21-19-5-3-4-6-20(19)24(28)26-23(21)25-18-13-9-16(2)10-14-18/h3-14H,1-2H3,(H2,25,26,28). The molecule has 0 bridgehead atoms. The Morgan fingerprint density at radius 3 is 2.00 bits per heavy atom. The van der Waals surface area contributed by atoms with Crippen LogP contribution >= 0.6 is 0 Å². The molecule has 4 heteroatoms. The molecule has 4 rings (SSSR count). The third kappa shape index (κ3) is 3.32. The highest BCUT2D eigenvalue weighted by atomic mass is 16.1. The molecular weight excluding hydrogens is 348 g/mol. The van der Waals surface area contributed by atoms with Gasteiger partial charge in [0, 0.05) is 22.0 Å². The summed E-state index contributed by atoms with van der Waals surface area (Å²) < 4.78 is 0. The second-order valence-electron chi connectivity index (χ2n) is 6.94. The quantitative estimate of drug-likeness (QED) is 0.492. The fourth-order valence-corrected chi connectivity index (χ4v) is 3.24. The molecule has 0 atom stereocenters. The summed E-state index contributed by atoms with van der Waals surface area (Å²) in [4.78, 5) is 28.8. The molecule has 0 saturated carbocycles. The molecule has 28 heavy (non-hydrogen) atoms. The van der Waals surface area contributed by atoms with Gasteiger partial charge in [-0.05, 0) is 32.0 Å². The van der Waals surface area contributed by atoms with E-state index in [1.807, 2.05) is 74.5 Å². The molecule has 0 fully saturated rings. The lowest BCUT2D eigenvalue weighted by atomic mass is 9.97. The van der Waals surface area contributed by atoms with Gasteiger partial charge < -0.3 is 10.3 Å². The highest BCUT2D eigenvalue weighted by Gasteiger charge is 2.19. The molecule has 4 aromatic rings. The number of aromatic amines is 1. The number of benzene rings is 3. The van der Waals surface area contributed by atoms with Crippen molar-refractivity contribution in [2.45, 2.75) is 13.8 Å². The average Bonchev–Trinajstić information content (AvgIpc) is 2.70. The van der Waals surface area contributed by atoms with Gasteiger partial charge in [0.15, 0.2) is 5.78 Å². The summed E-state index contributed by atoms with van der Waals surface area (Å²) in [7, 11) is 0. The number of hydrogen-bond acceptors (Lipinski definition) is 3. The maximum atomic E-state index is 13.4. The van der Waals surface area contributed by atoms with Gasteiger partial charge in [-0.15, -0.1) is 0 Å². The number of anilines is 2.